The van der Waals surface area contributed by atoms with Gasteiger partial charge in [0.2, 0.25) is 0 Å². The van der Waals surface area contributed by atoms with Crippen LogP contribution in [-0.2, 0) is 0 Å². The van der Waals surface area contributed by atoms with E-state index in [0.717, 1.165) is 19.6 Å². The minimum Gasteiger partial charge on any atom is -0.329 e. The van der Waals surface area contributed by atoms with Crippen molar-refractivity contribution in [1.29, 1.82) is 0 Å². The summed E-state index contributed by atoms with van der Waals surface area (Å²) in [5.74, 6) is 0. The highest BCUT2D eigenvalue weighted by molar-refractivity contribution is 7.10. The number of hydrogen-bond acceptors (Lipinski definition) is 4. The zero-order valence-corrected chi connectivity index (χ0v) is 12.5. The number of nitrogens with two attached hydrogens (primary N) is 1. The van der Waals surface area contributed by atoms with Crippen molar-refractivity contribution in [3.63, 3.8) is 0 Å². The van der Waals surface area contributed by atoms with Gasteiger partial charge < -0.3 is 5.73 Å². The molecular weight excluding hydrogens is 242 g/mol. The number of thiophene rings is 1. The summed E-state index contributed by atoms with van der Waals surface area (Å²) in [5, 5.41) is 2.18. The van der Waals surface area contributed by atoms with E-state index in [-0.39, 0.29) is 0 Å². The predicted octanol–water partition coefficient (Wildman–Crippen LogP) is 2.08. The number of nitrogens with zero attached hydrogens (tertiary/aromatic N) is 2. The van der Waals surface area contributed by atoms with Gasteiger partial charge in [-0.15, -0.1) is 11.3 Å². The number of hydrogen-bond donors (Lipinski definition) is 1. The molecule has 2 rings (SSSR count). The van der Waals surface area contributed by atoms with E-state index in [0.29, 0.717) is 12.1 Å². The first kappa shape index (κ1) is 14.0. The lowest BCUT2D eigenvalue weighted by atomic mass is 10.1. The zero-order valence-electron chi connectivity index (χ0n) is 11.7. The van der Waals surface area contributed by atoms with Gasteiger partial charge in [0.15, 0.2) is 0 Å². The maximum atomic E-state index is 6.01. The molecule has 2 heterocycles. The Labute approximate surface area is 115 Å². The first-order chi connectivity index (χ1) is 8.63. The van der Waals surface area contributed by atoms with Gasteiger partial charge in [-0.25, -0.2) is 0 Å². The Bertz CT molecular complexity index is 367. The van der Waals surface area contributed by atoms with Crippen LogP contribution >= 0.6 is 11.3 Å². The normalized spacial score (nSPS) is 20.5. The van der Waals surface area contributed by atoms with E-state index in [4.69, 9.17) is 5.73 Å². The maximum absolute atomic E-state index is 6.01. The SMILES string of the molecule is Cc1ccsc1C(CN)N1CCN(C(C)C)CC1. The van der Waals surface area contributed by atoms with Crippen LogP contribution in [0, 0.1) is 6.92 Å². The van der Waals surface area contributed by atoms with E-state index in [1.165, 1.54) is 23.5 Å². The van der Waals surface area contributed by atoms with Crippen molar-refractivity contribution in [2.45, 2.75) is 32.9 Å². The first-order valence-electron chi connectivity index (χ1n) is 6.85. The highest BCUT2D eigenvalue weighted by Gasteiger charge is 2.26. The molecule has 1 aromatic heterocycles. The van der Waals surface area contributed by atoms with Crippen LogP contribution in [0.4, 0.5) is 0 Å². The third-order valence-electron chi connectivity index (χ3n) is 3.95. The fraction of sp³-hybridized carbons (Fsp3) is 0.714. The van der Waals surface area contributed by atoms with Crippen LogP contribution in [-0.4, -0.2) is 48.6 Å². The molecule has 1 aliphatic rings. The molecule has 0 amide bonds. The van der Waals surface area contributed by atoms with Crippen LogP contribution in [0.2, 0.25) is 0 Å². The summed E-state index contributed by atoms with van der Waals surface area (Å²) in [7, 11) is 0. The van der Waals surface area contributed by atoms with Crippen LogP contribution in [0.5, 0.6) is 0 Å². The molecule has 4 heteroatoms. The molecule has 1 fully saturated rings. The Morgan fingerprint density at radius 2 is 1.83 bits per heavy atom. The van der Waals surface area contributed by atoms with Gasteiger partial charge in [-0.2, -0.15) is 0 Å². The van der Waals surface area contributed by atoms with Crippen molar-refractivity contribution in [3.05, 3.63) is 21.9 Å². The second-order valence-corrected chi connectivity index (χ2v) is 6.33. The Morgan fingerprint density at radius 3 is 2.28 bits per heavy atom. The summed E-state index contributed by atoms with van der Waals surface area (Å²) >= 11 is 1.85. The molecule has 2 N–H and O–H groups in total. The maximum Gasteiger partial charge on any atom is 0.0567 e. The van der Waals surface area contributed by atoms with Gasteiger partial charge in [-0.3, -0.25) is 9.80 Å². The molecular formula is C14H25N3S. The molecule has 1 atom stereocenters. The lowest BCUT2D eigenvalue weighted by molar-refractivity contribution is 0.0811. The highest BCUT2D eigenvalue weighted by Crippen LogP contribution is 2.28. The van der Waals surface area contributed by atoms with Crippen molar-refractivity contribution in [2.75, 3.05) is 32.7 Å². The van der Waals surface area contributed by atoms with Crippen molar-refractivity contribution >= 4 is 11.3 Å². The summed E-state index contributed by atoms with van der Waals surface area (Å²) in [6, 6.07) is 3.28. The minimum atomic E-state index is 0.416. The molecule has 0 spiro atoms. The molecule has 1 aromatic rings. The third kappa shape index (κ3) is 2.94. The minimum absolute atomic E-state index is 0.416. The van der Waals surface area contributed by atoms with Gasteiger partial charge >= 0.3 is 0 Å². The Hall–Kier alpha value is -0.420. The summed E-state index contributed by atoms with van der Waals surface area (Å²) in [6.45, 7) is 12.1. The van der Waals surface area contributed by atoms with Crippen LogP contribution in [0.25, 0.3) is 0 Å². The molecule has 1 saturated heterocycles. The molecule has 0 radical (unpaired) electrons. The summed E-state index contributed by atoms with van der Waals surface area (Å²) < 4.78 is 0. The van der Waals surface area contributed by atoms with Crippen LogP contribution in [0.15, 0.2) is 11.4 Å². The molecule has 0 bridgehead atoms. The van der Waals surface area contributed by atoms with Crippen molar-refractivity contribution < 1.29 is 0 Å². The molecule has 0 saturated carbocycles. The summed E-state index contributed by atoms with van der Waals surface area (Å²) in [5.41, 5.74) is 7.40. The Kier molecular flexibility index (Phi) is 4.78. The number of aryl methyl sites for hydroxylation is 1. The Morgan fingerprint density at radius 1 is 1.22 bits per heavy atom. The quantitative estimate of drug-likeness (QED) is 0.906. The fourth-order valence-electron chi connectivity index (χ4n) is 2.71. The van der Waals surface area contributed by atoms with Crippen molar-refractivity contribution in [2.24, 2.45) is 5.73 Å². The van der Waals surface area contributed by atoms with Gasteiger partial charge in [-0.1, -0.05) is 0 Å². The molecule has 1 unspecified atom stereocenters. The average molecular weight is 267 g/mol. The van der Waals surface area contributed by atoms with Gasteiger partial charge in [-0.05, 0) is 37.8 Å². The van der Waals surface area contributed by atoms with Crippen LogP contribution in [0.1, 0.15) is 30.3 Å². The van der Waals surface area contributed by atoms with E-state index < -0.39 is 0 Å². The largest absolute Gasteiger partial charge is 0.329 e. The fourth-order valence-corrected chi connectivity index (χ4v) is 3.79. The van der Waals surface area contributed by atoms with Gasteiger partial charge in [0.1, 0.15) is 0 Å². The van der Waals surface area contributed by atoms with Crippen LogP contribution < -0.4 is 5.73 Å². The third-order valence-corrected chi connectivity index (χ3v) is 5.07. The van der Waals surface area contributed by atoms with Crippen LogP contribution in [0.3, 0.4) is 0 Å². The standard InChI is InChI=1S/C14H25N3S/c1-11(2)16-5-7-17(8-6-16)13(10-15)14-12(3)4-9-18-14/h4,9,11,13H,5-8,10,15H2,1-3H3. The van der Waals surface area contributed by atoms with E-state index >= 15 is 0 Å². The lowest BCUT2D eigenvalue weighted by Crippen LogP contribution is -2.50. The number of piperazine rings is 1. The van der Waals surface area contributed by atoms with Crippen molar-refractivity contribution in [3.8, 4) is 0 Å². The monoisotopic (exact) mass is 267 g/mol. The van der Waals surface area contributed by atoms with Gasteiger partial charge in [0, 0.05) is 43.6 Å². The lowest BCUT2D eigenvalue weighted by Gasteiger charge is -2.40. The van der Waals surface area contributed by atoms with Gasteiger partial charge in [0.05, 0.1) is 6.04 Å². The van der Waals surface area contributed by atoms with E-state index in [9.17, 15) is 0 Å². The molecule has 102 valence electrons. The summed E-state index contributed by atoms with van der Waals surface area (Å²) in [4.78, 5) is 6.55. The molecule has 1 aliphatic heterocycles. The smallest absolute Gasteiger partial charge is 0.0567 e. The zero-order chi connectivity index (χ0) is 13.1. The topological polar surface area (TPSA) is 32.5 Å². The predicted molar refractivity (Wildman–Crippen MR) is 79.1 cm³/mol. The Balaban J connectivity index is 2.01. The van der Waals surface area contributed by atoms with E-state index in [2.05, 4.69) is 42.0 Å². The van der Waals surface area contributed by atoms with E-state index in [1.54, 1.807) is 0 Å². The highest BCUT2D eigenvalue weighted by atomic mass is 32.1. The molecule has 18 heavy (non-hydrogen) atoms. The van der Waals surface area contributed by atoms with Crippen molar-refractivity contribution in [1.82, 2.24) is 9.80 Å². The van der Waals surface area contributed by atoms with E-state index in [1.807, 2.05) is 11.3 Å². The molecule has 3 nitrogen and oxygen atoms in total. The summed E-state index contributed by atoms with van der Waals surface area (Å²) in [6.07, 6.45) is 0. The second-order valence-electron chi connectivity index (χ2n) is 5.39. The molecule has 0 aromatic carbocycles. The average Bonchev–Trinajstić information content (AvgIpc) is 2.78. The number of rotatable bonds is 4. The second kappa shape index (κ2) is 6.15. The molecule has 0 aliphatic carbocycles. The van der Waals surface area contributed by atoms with Gasteiger partial charge in [0.25, 0.3) is 0 Å². The first-order valence-corrected chi connectivity index (χ1v) is 7.73.